The molecule has 13 heavy (non-hydrogen) atoms. The van der Waals surface area contributed by atoms with Crippen LogP contribution in [0.3, 0.4) is 0 Å². The average Bonchev–Trinajstić information content (AvgIpc) is 2.57. The Hall–Kier alpha value is -0.830. The molecule has 3 heteroatoms. The molecule has 1 aromatic heterocycles. The van der Waals surface area contributed by atoms with Gasteiger partial charge in [-0.15, -0.1) is 11.3 Å². The van der Waals surface area contributed by atoms with Gasteiger partial charge in [-0.05, 0) is 23.9 Å². The summed E-state index contributed by atoms with van der Waals surface area (Å²) in [5.74, 6) is -0.115. The first-order valence-electron chi connectivity index (χ1n) is 4.57. The lowest BCUT2D eigenvalue weighted by Crippen LogP contribution is -2.06. The van der Waals surface area contributed by atoms with Gasteiger partial charge >= 0.3 is 5.97 Å². The van der Waals surface area contributed by atoms with E-state index in [-0.39, 0.29) is 5.97 Å². The van der Waals surface area contributed by atoms with Crippen LogP contribution in [0.4, 0.5) is 0 Å². The predicted octanol–water partition coefficient (Wildman–Crippen LogP) is 3.23. The molecule has 0 spiro atoms. The van der Waals surface area contributed by atoms with E-state index in [4.69, 9.17) is 4.74 Å². The molecule has 0 bridgehead atoms. The molecule has 1 heterocycles. The van der Waals surface area contributed by atoms with Crippen LogP contribution < -0.4 is 4.74 Å². The van der Waals surface area contributed by atoms with Crippen LogP contribution >= 0.6 is 11.3 Å². The molecule has 0 N–H and O–H groups in total. The van der Waals surface area contributed by atoms with E-state index in [9.17, 15) is 4.79 Å². The fraction of sp³-hybridized carbons (Fsp3) is 0.500. The summed E-state index contributed by atoms with van der Waals surface area (Å²) in [5.41, 5.74) is 0. The highest BCUT2D eigenvalue weighted by Gasteiger charge is 2.03. The minimum atomic E-state index is -0.115. The lowest BCUT2D eigenvalue weighted by atomic mass is 10.2. The molecular weight excluding hydrogens is 184 g/mol. The first-order chi connectivity index (χ1) is 6.33. The number of rotatable bonds is 5. The fourth-order valence-electron chi connectivity index (χ4n) is 1.00. The summed E-state index contributed by atoms with van der Waals surface area (Å²) >= 11 is 1.45. The minimum Gasteiger partial charge on any atom is -0.415 e. The summed E-state index contributed by atoms with van der Waals surface area (Å²) in [5, 5.41) is 2.59. The monoisotopic (exact) mass is 198 g/mol. The molecule has 0 aliphatic rings. The van der Waals surface area contributed by atoms with Crippen LogP contribution in [0.5, 0.6) is 5.06 Å². The molecule has 1 aromatic rings. The van der Waals surface area contributed by atoms with Crippen molar-refractivity contribution in [1.82, 2.24) is 0 Å². The van der Waals surface area contributed by atoms with E-state index in [1.165, 1.54) is 11.3 Å². The Morgan fingerprint density at radius 1 is 1.54 bits per heavy atom. The zero-order valence-electron chi connectivity index (χ0n) is 7.79. The van der Waals surface area contributed by atoms with Gasteiger partial charge in [0.25, 0.3) is 0 Å². The van der Waals surface area contributed by atoms with E-state index >= 15 is 0 Å². The van der Waals surface area contributed by atoms with Crippen LogP contribution in [0.1, 0.15) is 32.6 Å². The summed E-state index contributed by atoms with van der Waals surface area (Å²) in [6.45, 7) is 2.12. The van der Waals surface area contributed by atoms with Gasteiger partial charge in [0.05, 0.1) is 0 Å². The van der Waals surface area contributed by atoms with Crippen molar-refractivity contribution in [2.75, 3.05) is 0 Å². The van der Waals surface area contributed by atoms with Gasteiger partial charge in [0.2, 0.25) is 0 Å². The third-order valence-corrected chi connectivity index (χ3v) is 2.44. The van der Waals surface area contributed by atoms with Crippen LogP contribution in [-0.2, 0) is 4.79 Å². The van der Waals surface area contributed by atoms with Crippen LogP contribution in [0.25, 0.3) is 0 Å². The van der Waals surface area contributed by atoms with Crippen molar-refractivity contribution in [2.24, 2.45) is 0 Å². The second kappa shape index (κ2) is 5.75. The fourth-order valence-corrected chi connectivity index (χ4v) is 1.59. The second-order valence-electron chi connectivity index (χ2n) is 2.86. The minimum absolute atomic E-state index is 0.115. The molecule has 0 saturated carbocycles. The van der Waals surface area contributed by atoms with Crippen molar-refractivity contribution in [2.45, 2.75) is 32.6 Å². The van der Waals surface area contributed by atoms with Gasteiger partial charge in [0.15, 0.2) is 5.06 Å². The molecule has 1 rings (SSSR count). The summed E-state index contributed by atoms with van der Waals surface area (Å²) in [4.78, 5) is 11.2. The second-order valence-corrected chi connectivity index (χ2v) is 3.77. The highest BCUT2D eigenvalue weighted by atomic mass is 32.1. The summed E-state index contributed by atoms with van der Waals surface area (Å²) in [6.07, 6.45) is 3.69. The lowest BCUT2D eigenvalue weighted by Gasteiger charge is -1.99. The van der Waals surface area contributed by atoms with Gasteiger partial charge in [-0.25, -0.2) is 0 Å². The van der Waals surface area contributed by atoms with E-state index in [1.807, 2.05) is 17.5 Å². The molecule has 72 valence electrons. The Morgan fingerprint density at radius 3 is 3.00 bits per heavy atom. The maximum absolute atomic E-state index is 11.2. The van der Waals surface area contributed by atoms with E-state index in [1.54, 1.807) is 0 Å². The summed E-state index contributed by atoms with van der Waals surface area (Å²) in [6, 6.07) is 3.68. The summed E-state index contributed by atoms with van der Waals surface area (Å²) < 4.78 is 5.08. The number of hydrogen-bond donors (Lipinski definition) is 0. The average molecular weight is 198 g/mol. The van der Waals surface area contributed by atoms with Gasteiger partial charge in [-0.3, -0.25) is 4.79 Å². The quantitative estimate of drug-likeness (QED) is 0.536. The number of hydrogen-bond acceptors (Lipinski definition) is 3. The Labute approximate surface area is 82.5 Å². The first-order valence-corrected chi connectivity index (χ1v) is 5.45. The van der Waals surface area contributed by atoms with Crippen LogP contribution in [0, 0.1) is 0 Å². The maximum Gasteiger partial charge on any atom is 0.311 e. The largest absolute Gasteiger partial charge is 0.415 e. The zero-order chi connectivity index (χ0) is 9.52. The third kappa shape index (κ3) is 4.08. The Kier molecular flexibility index (Phi) is 4.54. The molecule has 0 aliphatic heterocycles. The normalized spacial score (nSPS) is 9.92. The van der Waals surface area contributed by atoms with Crippen molar-refractivity contribution in [3.63, 3.8) is 0 Å². The van der Waals surface area contributed by atoms with E-state index in [2.05, 4.69) is 6.92 Å². The van der Waals surface area contributed by atoms with E-state index < -0.39 is 0 Å². The van der Waals surface area contributed by atoms with Crippen LogP contribution in [0.15, 0.2) is 17.5 Å². The number of carbonyl (C=O) groups is 1. The molecule has 0 unspecified atom stereocenters. The Morgan fingerprint density at radius 2 is 2.38 bits per heavy atom. The number of ether oxygens (including phenoxy) is 1. The number of thiophene rings is 1. The Bertz CT molecular complexity index is 241. The van der Waals surface area contributed by atoms with E-state index in [0.29, 0.717) is 11.5 Å². The molecule has 0 aromatic carbocycles. The lowest BCUT2D eigenvalue weighted by molar-refractivity contribution is -0.134. The predicted molar refractivity (Wildman–Crippen MR) is 54.1 cm³/mol. The number of esters is 1. The van der Waals surface area contributed by atoms with Crippen LogP contribution in [0.2, 0.25) is 0 Å². The highest BCUT2D eigenvalue weighted by molar-refractivity contribution is 7.11. The molecule has 0 radical (unpaired) electrons. The van der Waals surface area contributed by atoms with Gasteiger partial charge in [-0.2, -0.15) is 0 Å². The number of unbranched alkanes of at least 4 members (excludes halogenated alkanes) is 2. The van der Waals surface area contributed by atoms with Gasteiger partial charge in [0, 0.05) is 6.42 Å². The zero-order valence-corrected chi connectivity index (χ0v) is 8.60. The third-order valence-electron chi connectivity index (χ3n) is 1.69. The molecule has 2 nitrogen and oxygen atoms in total. The highest BCUT2D eigenvalue weighted by Crippen LogP contribution is 2.18. The van der Waals surface area contributed by atoms with Crippen molar-refractivity contribution in [1.29, 1.82) is 0 Å². The maximum atomic E-state index is 11.2. The SMILES string of the molecule is CCCCCC(=O)Oc1cccs1. The number of carbonyl (C=O) groups excluding carboxylic acids is 1. The van der Waals surface area contributed by atoms with Gasteiger partial charge < -0.3 is 4.74 Å². The summed E-state index contributed by atoms with van der Waals surface area (Å²) in [7, 11) is 0. The van der Waals surface area contributed by atoms with Crippen molar-refractivity contribution < 1.29 is 9.53 Å². The topological polar surface area (TPSA) is 26.3 Å². The molecule has 0 atom stereocenters. The molecule has 0 aliphatic carbocycles. The van der Waals surface area contributed by atoms with Gasteiger partial charge in [-0.1, -0.05) is 19.8 Å². The van der Waals surface area contributed by atoms with Crippen molar-refractivity contribution >= 4 is 17.3 Å². The van der Waals surface area contributed by atoms with Crippen LogP contribution in [-0.4, -0.2) is 5.97 Å². The molecule has 0 saturated heterocycles. The molecule has 0 fully saturated rings. The van der Waals surface area contributed by atoms with Gasteiger partial charge in [0.1, 0.15) is 0 Å². The van der Waals surface area contributed by atoms with Crippen molar-refractivity contribution in [3.05, 3.63) is 17.5 Å². The Balaban J connectivity index is 2.18. The standard InChI is InChI=1S/C10H14O2S/c1-2-3-4-6-9(11)12-10-7-5-8-13-10/h5,7-8H,2-4,6H2,1H3. The molecule has 0 amide bonds. The molecular formula is C10H14O2S. The smallest absolute Gasteiger partial charge is 0.311 e. The first kappa shape index (κ1) is 10.3. The van der Waals surface area contributed by atoms with E-state index in [0.717, 1.165) is 19.3 Å². The van der Waals surface area contributed by atoms with Crippen molar-refractivity contribution in [3.8, 4) is 5.06 Å².